The Balaban J connectivity index is 1.79. The van der Waals surface area contributed by atoms with Gasteiger partial charge in [-0.15, -0.1) is 0 Å². The summed E-state index contributed by atoms with van der Waals surface area (Å²) in [5.74, 6) is 1.27. The molecule has 0 unspecified atom stereocenters. The van der Waals surface area contributed by atoms with E-state index in [1.807, 2.05) is 32.4 Å². The zero-order valence-corrected chi connectivity index (χ0v) is 19.8. The normalized spacial score (nSPS) is 17.7. The Bertz CT molecular complexity index is 1080. The summed E-state index contributed by atoms with van der Waals surface area (Å²) < 4.78 is 36.7. The molecule has 1 amide bonds. The molecule has 3 rings (SSSR count). The fourth-order valence-corrected chi connectivity index (χ4v) is 5.62. The largest absolute Gasteiger partial charge is 0.493 e. The Labute approximate surface area is 184 Å². The van der Waals surface area contributed by atoms with Gasteiger partial charge in [0.1, 0.15) is 0 Å². The summed E-state index contributed by atoms with van der Waals surface area (Å²) in [5, 5.41) is 4.59. The van der Waals surface area contributed by atoms with Crippen LogP contribution in [0.5, 0.6) is 11.5 Å². The van der Waals surface area contributed by atoms with E-state index in [-0.39, 0.29) is 29.6 Å². The monoisotopic (exact) mass is 449 g/mol. The van der Waals surface area contributed by atoms with E-state index in [1.165, 1.54) is 0 Å². The molecule has 1 aliphatic heterocycles. The summed E-state index contributed by atoms with van der Waals surface area (Å²) in [6, 6.07) is 5.01. The highest BCUT2D eigenvalue weighted by Crippen LogP contribution is 2.30. The summed E-state index contributed by atoms with van der Waals surface area (Å²) in [4.78, 5) is 14.7. The summed E-state index contributed by atoms with van der Waals surface area (Å²) in [6.45, 7) is 8.06. The van der Waals surface area contributed by atoms with Crippen molar-refractivity contribution in [1.82, 2.24) is 14.7 Å². The summed E-state index contributed by atoms with van der Waals surface area (Å²) >= 11 is 0. The van der Waals surface area contributed by atoms with E-state index in [2.05, 4.69) is 5.10 Å². The smallest absolute Gasteiger partial charge is 0.254 e. The average Bonchev–Trinajstić information content (AvgIpc) is 3.20. The van der Waals surface area contributed by atoms with Crippen molar-refractivity contribution in [2.75, 3.05) is 25.7 Å². The van der Waals surface area contributed by atoms with Gasteiger partial charge in [0.05, 0.1) is 36.5 Å². The summed E-state index contributed by atoms with van der Waals surface area (Å²) in [7, 11) is 0.284. The van der Waals surface area contributed by atoms with Crippen molar-refractivity contribution < 1.29 is 22.7 Å². The van der Waals surface area contributed by atoms with Gasteiger partial charge >= 0.3 is 0 Å². The maximum atomic E-state index is 13.0. The van der Waals surface area contributed by atoms with Crippen molar-refractivity contribution in [1.29, 1.82) is 0 Å². The molecule has 1 saturated heterocycles. The number of rotatable bonds is 7. The van der Waals surface area contributed by atoms with Crippen molar-refractivity contribution in [3.05, 3.63) is 40.7 Å². The molecule has 170 valence electrons. The molecule has 2 heterocycles. The first kappa shape index (κ1) is 23.1. The lowest BCUT2D eigenvalue weighted by Crippen LogP contribution is -2.27. The van der Waals surface area contributed by atoms with Gasteiger partial charge in [0.2, 0.25) is 0 Å². The predicted molar refractivity (Wildman–Crippen MR) is 119 cm³/mol. The number of hydrogen-bond acceptors (Lipinski definition) is 6. The quantitative estimate of drug-likeness (QED) is 0.646. The van der Waals surface area contributed by atoms with Gasteiger partial charge in [0, 0.05) is 30.4 Å². The Morgan fingerprint density at radius 3 is 2.58 bits per heavy atom. The average molecular weight is 450 g/mol. The number of amides is 1. The van der Waals surface area contributed by atoms with Crippen molar-refractivity contribution >= 4 is 15.7 Å². The minimum absolute atomic E-state index is 0.00420. The molecule has 0 saturated carbocycles. The second-order valence-corrected chi connectivity index (χ2v) is 10.6. The predicted octanol–water partition coefficient (Wildman–Crippen LogP) is 2.93. The molecule has 31 heavy (non-hydrogen) atoms. The molecule has 1 aromatic carbocycles. The lowest BCUT2D eigenvalue weighted by Gasteiger charge is -2.19. The molecule has 0 aliphatic carbocycles. The van der Waals surface area contributed by atoms with Gasteiger partial charge in [-0.1, -0.05) is 0 Å². The van der Waals surface area contributed by atoms with E-state index in [1.54, 1.807) is 37.3 Å². The molecule has 8 nitrogen and oxygen atoms in total. The molecule has 1 atom stereocenters. The van der Waals surface area contributed by atoms with Gasteiger partial charge in [0.15, 0.2) is 21.3 Å². The topological polar surface area (TPSA) is 90.7 Å². The fourth-order valence-electron chi connectivity index (χ4n) is 3.93. The van der Waals surface area contributed by atoms with Crippen LogP contribution in [0.2, 0.25) is 0 Å². The number of hydrogen-bond donors (Lipinski definition) is 0. The van der Waals surface area contributed by atoms with Gasteiger partial charge in [-0.25, -0.2) is 8.42 Å². The Hall–Kier alpha value is -2.55. The van der Waals surface area contributed by atoms with E-state index >= 15 is 0 Å². The van der Waals surface area contributed by atoms with Crippen molar-refractivity contribution in [2.24, 2.45) is 0 Å². The van der Waals surface area contributed by atoms with Gasteiger partial charge in [-0.3, -0.25) is 9.48 Å². The maximum absolute atomic E-state index is 13.0. The highest BCUT2D eigenvalue weighted by Gasteiger charge is 2.31. The molecule has 2 aromatic rings. The van der Waals surface area contributed by atoms with Crippen LogP contribution in [0.15, 0.2) is 18.2 Å². The van der Waals surface area contributed by atoms with E-state index in [4.69, 9.17) is 9.47 Å². The van der Waals surface area contributed by atoms with Crippen molar-refractivity contribution in [3.8, 4) is 11.5 Å². The first-order chi connectivity index (χ1) is 14.5. The number of carbonyl (C=O) groups is 1. The number of benzene rings is 1. The third-order valence-electron chi connectivity index (χ3n) is 5.54. The van der Waals surface area contributed by atoms with Crippen LogP contribution in [-0.4, -0.2) is 60.8 Å². The summed E-state index contributed by atoms with van der Waals surface area (Å²) in [5.41, 5.74) is 3.14. The van der Waals surface area contributed by atoms with Crippen LogP contribution in [-0.2, 0) is 16.4 Å². The van der Waals surface area contributed by atoms with Gasteiger partial charge in [-0.2, -0.15) is 5.10 Å². The van der Waals surface area contributed by atoms with Crippen molar-refractivity contribution in [2.45, 2.75) is 52.8 Å². The van der Waals surface area contributed by atoms with Crippen LogP contribution in [0.25, 0.3) is 0 Å². The van der Waals surface area contributed by atoms with Crippen LogP contribution in [0, 0.1) is 13.8 Å². The first-order valence-corrected chi connectivity index (χ1v) is 12.2. The fraction of sp³-hybridized carbons (Fsp3) is 0.545. The van der Waals surface area contributed by atoms with E-state index in [9.17, 15) is 13.2 Å². The Kier molecular flexibility index (Phi) is 6.64. The number of carbonyl (C=O) groups excluding carboxylic acids is 1. The van der Waals surface area contributed by atoms with Crippen LogP contribution in [0.3, 0.4) is 0 Å². The van der Waals surface area contributed by atoms with Crippen molar-refractivity contribution in [3.63, 3.8) is 0 Å². The maximum Gasteiger partial charge on any atom is 0.254 e. The standard InChI is InChI=1S/C22H31N3O5S/c1-14(2)30-20-8-7-17(11-21(20)29-6)22(26)24(5)12-19-15(3)23-25(16(19)4)18-9-10-31(27,28)13-18/h7-8,11,14,18H,9-10,12-13H2,1-6H3/t18-/m1/s1. The second kappa shape index (κ2) is 8.90. The van der Waals surface area contributed by atoms with Gasteiger partial charge < -0.3 is 14.4 Å². The molecule has 0 N–H and O–H groups in total. The molecule has 1 aliphatic rings. The third kappa shape index (κ3) is 5.03. The molecule has 1 fully saturated rings. The molecule has 9 heteroatoms. The Morgan fingerprint density at radius 1 is 1.29 bits per heavy atom. The number of aryl methyl sites for hydroxylation is 1. The zero-order chi connectivity index (χ0) is 22.9. The van der Waals surface area contributed by atoms with Gasteiger partial charge in [0.25, 0.3) is 5.91 Å². The number of ether oxygens (including phenoxy) is 2. The highest BCUT2D eigenvalue weighted by atomic mass is 32.2. The number of nitrogens with zero attached hydrogens (tertiary/aromatic N) is 3. The van der Waals surface area contributed by atoms with Crippen LogP contribution in [0.1, 0.15) is 53.6 Å². The number of sulfone groups is 1. The van der Waals surface area contributed by atoms with E-state index in [0.717, 1.165) is 17.0 Å². The van der Waals surface area contributed by atoms with Crippen LogP contribution in [0.4, 0.5) is 0 Å². The minimum Gasteiger partial charge on any atom is -0.493 e. The lowest BCUT2D eigenvalue weighted by atomic mass is 10.1. The zero-order valence-electron chi connectivity index (χ0n) is 19.0. The second-order valence-electron chi connectivity index (χ2n) is 8.34. The third-order valence-corrected chi connectivity index (χ3v) is 7.29. The van der Waals surface area contributed by atoms with Gasteiger partial charge in [-0.05, 0) is 52.3 Å². The van der Waals surface area contributed by atoms with E-state index in [0.29, 0.717) is 30.0 Å². The minimum atomic E-state index is -3.00. The first-order valence-electron chi connectivity index (χ1n) is 10.4. The molecular formula is C22H31N3O5S. The number of methoxy groups -OCH3 is 1. The molecule has 0 bridgehead atoms. The SMILES string of the molecule is COc1cc(C(=O)N(C)Cc2c(C)nn([C@@H]3CCS(=O)(=O)C3)c2C)ccc1OC(C)C. The molecule has 1 aromatic heterocycles. The lowest BCUT2D eigenvalue weighted by molar-refractivity contribution is 0.0784. The van der Waals surface area contributed by atoms with Crippen LogP contribution >= 0.6 is 0 Å². The molecular weight excluding hydrogens is 418 g/mol. The molecule has 0 spiro atoms. The highest BCUT2D eigenvalue weighted by molar-refractivity contribution is 7.91. The molecule has 0 radical (unpaired) electrons. The summed E-state index contributed by atoms with van der Waals surface area (Å²) in [6.07, 6.45) is 0.568. The Morgan fingerprint density at radius 2 is 2.00 bits per heavy atom. The number of aromatic nitrogens is 2. The van der Waals surface area contributed by atoms with E-state index < -0.39 is 9.84 Å². The van der Waals surface area contributed by atoms with Crippen LogP contribution < -0.4 is 9.47 Å².